The largest absolute Gasteiger partial charge is 0.481 e. The normalized spacial score (nSPS) is 21.3. The van der Waals surface area contributed by atoms with Crippen LogP contribution in [0.5, 0.6) is 0 Å². The maximum Gasteiger partial charge on any atom is 0.321 e. The number of carboxylic acid groups (broad SMARTS) is 1. The van der Waals surface area contributed by atoms with Crippen molar-refractivity contribution in [2.45, 2.75) is 13.5 Å². The number of urea groups is 1. The molecule has 0 saturated carbocycles. The van der Waals surface area contributed by atoms with Gasteiger partial charge in [-0.15, -0.1) is 0 Å². The number of nitrogens with zero attached hydrogens (tertiary/aromatic N) is 1. The SMILES string of the molecule is CNCc1cccc(NC(=O)N2C[C@@H](C)[C@H](C(=O)O)C2)c1. The number of aliphatic carboxylic acids is 1. The van der Waals surface area contributed by atoms with Gasteiger partial charge in [-0.2, -0.15) is 0 Å². The fourth-order valence-electron chi connectivity index (χ4n) is 2.62. The lowest BCUT2D eigenvalue weighted by atomic mass is 9.99. The van der Waals surface area contributed by atoms with Crippen LogP contribution in [0.1, 0.15) is 12.5 Å². The lowest BCUT2D eigenvalue weighted by molar-refractivity contribution is -0.142. The van der Waals surface area contributed by atoms with E-state index in [4.69, 9.17) is 5.11 Å². The summed E-state index contributed by atoms with van der Waals surface area (Å²) in [7, 11) is 1.86. The zero-order valence-corrected chi connectivity index (χ0v) is 12.3. The van der Waals surface area contributed by atoms with Gasteiger partial charge in [0, 0.05) is 25.3 Å². The Morgan fingerprint density at radius 2 is 2.14 bits per heavy atom. The second-order valence-corrected chi connectivity index (χ2v) is 5.49. The van der Waals surface area contributed by atoms with Crippen LogP contribution in [0.25, 0.3) is 0 Å². The molecule has 0 radical (unpaired) electrons. The van der Waals surface area contributed by atoms with Crippen LogP contribution in [0.3, 0.4) is 0 Å². The maximum atomic E-state index is 12.2. The molecule has 1 aromatic rings. The van der Waals surface area contributed by atoms with Gasteiger partial charge >= 0.3 is 12.0 Å². The first-order valence-electron chi connectivity index (χ1n) is 7.03. The van der Waals surface area contributed by atoms with Crippen molar-refractivity contribution in [2.75, 3.05) is 25.5 Å². The van der Waals surface area contributed by atoms with Gasteiger partial charge in [0.25, 0.3) is 0 Å². The first kappa shape index (κ1) is 15.3. The summed E-state index contributed by atoms with van der Waals surface area (Å²) < 4.78 is 0. The van der Waals surface area contributed by atoms with Gasteiger partial charge in [-0.25, -0.2) is 4.79 Å². The van der Waals surface area contributed by atoms with Crippen molar-refractivity contribution in [3.63, 3.8) is 0 Å². The summed E-state index contributed by atoms with van der Waals surface area (Å²) in [6.45, 7) is 3.32. The lowest BCUT2D eigenvalue weighted by Crippen LogP contribution is -2.33. The van der Waals surface area contributed by atoms with Crippen LogP contribution in [0, 0.1) is 11.8 Å². The van der Waals surface area contributed by atoms with Gasteiger partial charge in [0.15, 0.2) is 0 Å². The first-order chi connectivity index (χ1) is 10.0. The maximum absolute atomic E-state index is 12.2. The van der Waals surface area contributed by atoms with Crippen molar-refractivity contribution in [3.8, 4) is 0 Å². The monoisotopic (exact) mass is 291 g/mol. The summed E-state index contributed by atoms with van der Waals surface area (Å²) >= 11 is 0. The van der Waals surface area contributed by atoms with Gasteiger partial charge in [-0.3, -0.25) is 4.79 Å². The molecule has 6 nitrogen and oxygen atoms in total. The Morgan fingerprint density at radius 1 is 1.38 bits per heavy atom. The number of nitrogens with one attached hydrogen (secondary N) is 2. The van der Waals surface area contributed by atoms with Crippen LogP contribution < -0.4 is 10.6 Å². The van der Waals surface area contributed by atoms with Gasteiger partial charge in [-0.05, 0) is 30.7 Å². The Hall–Kier alpha value is -2.08. The molecule has 0 aliphatic carbocycles. The van der Waals surface area contributed by atoms with E-state index in [1.807, 2.05) is 38.2 Å². The third-order valence-electron chi connectivity index (χ3n) is 3.78. The number of likely N-dealkylation sites (tertiary alicyclic amines) is 1. The number of anilines is 1. The summed E-state index contributed by atoms with van der Waals surface area (Å²) in [5.74, 6) is -1.34. The molecule has 1 saturated heterocycles. The van der Waals surface area contributed by atoms with Crippen LogP contribution >= 0.6 is 0 Å². The van der Waals surface area contributed by atoms with Gasteiger partial charge in [0.2, 0.25) is 0 Å². The quantitative estimate of drug-likeness (QED) is 0.787. The van der Waals surface area contributed by atoms with Crippen LogP contribution in [-0.2, 0) is 11.3 Å². The first-order valence-corrected chi connectivity index (χ1v) is 7.03. The van der Waals surface area contributed by atoms with E-state index in [1.54, 1.807) is 4.90 Å². The zero-order chi connectivity index (χ0) is 15.4. The molecule has 114 valence electrons. The molecule has 0 aromatic heterocycles. The predicted octanol–water partition coefficient (Wildman–Crippen LogP) is 1.59. The number of hydrogen-bond acceptors (Lipinski definition) is 3. The molecule has 3 N–H and O–H groups in total. The molecule has 21 heavy (non-hydrogen) atoms. The molecule has 0 bridgehead atoms. The Bertz CT molecular complexity index is 533. The highest BCUT2D eigenvalue weighted by Gasteiger charge is 2.36. The molecule has 1 heterocycles. The van der Waals surface area contributed by atoms with Crippen molar-refractivity contribution in [3.05, 3.63) is 29.8 Å². The van der Waals surface area contributed by atoms with Crippen LogP contribution in [0.2, 0.25) is 0 Å². The Balaban J connectivity index is 1.99. The number of carbonyl (C=O) groups excluding carboxylic acids is 1. The minimum atomic E-state index is -0.839. The van der Waals surface area contributed by atoms with Crippen molar-refractivity contribution in [1.29, 1.82) is 0 Å². The van der Waals surface area contributed by atoms with Crippen molar-refractivity contribution in [2.24, 2.45) is 11.8 Å². The second-order valence-electron chi connectivity index (χ2n) is 5.49. The van der Waals surface area contributed by atoms with Crippen molar-refractivity contribution < 1.29 is 14.7 Å². The minimum Gasteiger partial charge on any atom is -0.481 e. The molecular weight excluding hydrogens is 270 g/mol. The van der Waals surface area contributed by atoms with E-state index in [1.165, 1.54) is 0 Å². The molecule has 0 unspecified atom stereocenters. The number of carbonyl (C=O) groups is 2. The minimum absolute atomic E-state index is 0.0242. The summed E-state index contributed by atoms with van der Waals surface area (Å²) in [5.41, 5.74) is 1.80. The summed E-state index contributed by atoms with van der Waals surface area (Å²) in [4.78, 5) is 24.9. The van der Waals surface area contributed by atoms with Crippen molar-refractivity contribution >= 4 is 17.7 Å². The van der Waals surface area contributed by atoms with Crippen LogP contribution in [0.4, 0.5) is 10.5 Å². The number of hydrogen-bond donors (Lipinski definition) is 3. The number of carboxylic acids is 1. The third kappa shape index (κ3) is 3.72. The molecule has 2 atom stereocenters. The molecule has 1 aromatic carbocycles. The molecule has 2 rings (SSSR count). The van der Waals surface area contributed by atoms with Gasteiger partial charge in [0.05, 0.1) is 5.92 Å². The summed E-state index contributed by atoms with van der Waals surface area (Å²) in [6.07, 6.45) is 0. The molecule has 0 spiro atoms. The van der Waals surface area contributed by atoms with E-state index in [0.29, 0.717) is 6.54 Å². The third-order valence-corrected chi connectivity index (χ3v) is 3.78. The molecule has 2 amide bonds. The molecule has 1 fully saturated rings. The van der Waals surface area contributed by atoms with E-state index >= 15 is 0 Å². The number of rotatable bonds is 4. The topological polar surface area (TPSA) is 81.7 Å². The van der Waals surface area contributed by atoms with Gasteiger partial charge < -0.3 is 20.6 Å². The van der Waals surface area contributed by atoms with Crippen molar-refractivity contribution in [1.82, 2.24) is 10.2 Å². The molecule has 1 aliphatic rings. The lowest BCUT2D eigenvalue weighted by Gasteiger charge is -2.17. The van der Waals surface area contributed by atoms with Crippen LogP contribution in [0.15, 0.2) is 24.3 Å². The fourth-order valence-corrected chi connectivity index (χ4v) is 2.62. The fraction of sp³-hybridized carbons (Fsp3) is 0.467. The van der Waals surface area contributed by atoms with Gasteiger partial charge in [-0.1, -0.05) is 19.1 Å². The van der Waals surface area contributed by atoms with Crippen LogP contribution in [-0.4, -0.2) is 42.1 Å². The van der Waals surface area contributed by atoms with E-state index < -0.39 is 11.9 Å². The average molecular weight is 291 g/mol. The molecule has 6 heteroatoms. The predicted molar refractivity (Wildman–Crippen MR) is 80.1 cm³/mol. The van der Waals surface area contributed by atoms with E-state index in [2.05, 4.69) is 10.6 Å². The molecule has 1 aliphatic heterocycles. The summed E-state index contributed by atoms with van der Waals surface area (Å²) in [5, 5.41) is 15.0. The van der Waals surface area contributed by atoms with Gasteiger partial charge in [0.1, 0.15) is 0 Å². The van der Waals surface area contributed by atoms with E-state index in [0.717, 1.165) is 17.8 Å². The Kier molecular flexibility index (Phi) is 4.80. The van der Waals surface area contributed by atoms with E-state index in [9.17, 15) is 9.59 Å². The zero-order valence-electron chi connectivity index (χ0n) is 12.3. The number of amides is 2. The second kappa shape index (κ2) is 6.58. The highest BCUT2D eigenvalue weighted by molar-refractivity contribution is 5.90. The molecular formula is C15H21N3O3. The highest BCUT2D eigenvalue weighted by Crippen LogP contribution is 2.24. The summed E-state index contributed by atoms with van der Waals surface area (Å²) in [6, 6.07) is 7.35. The standard InChI is InChI=1S/C15H21N3O3/c1-10-8-18(9-13(10)14(19)20)15(21)17-12-5-3-4-11(6-12)7-16-2/h3-6,10,13,16H,7-9H2,1-2H3,(H,17,21)(H,19,20)/t10-,13-/m1/s1. The number of benzene rings is 1. The average Bonchev–Trinajstić information content (AvgIpc) is 2.82. The highest BCUT2D eigenvalue weighted by atomic mass is 16.4. The smallest absolute Gasteiger partial charge is 0.321 e. The Labute approximate surface area is 124 Å². The van der Waals surface area contributed by atoms with E-state index in [-0.39, 0.29) is 18.5 Å². The Morgan fingerprint density at radius 3 is 2.76 bits per heavy atom.